The van der Waals surface area contributed by atoms with Crippen molar-refractivity contribution in [2.24, 2.45) is 13.0 Å². The number of aryl methyl sites for hydroxylation is 1. The van der Waals surface area contributed by atoms with Gasteiger partial charge < -0.3 is 14.7 Å². The van der Waals surface area contributed by atoms with Gasteiger partial charge in [-0.25, -0.2) is 9.59 Å². The minimum atomic E-state index is -0.988. The molecule has 1 aliphatic heterocycles. The lowest BCUT2D eigenvalue weighted by molar-refractivity contribution is 0.0684. The second kappa shape index (κ2) is 5.98. The van der Waals surface area contributed by atoms with E-state index in [0.717, 1.165) is 31.4 Å². The summed E-state index contributed by atoms with van der Waals surface area (Å²) < 4.78 is 6.70. The fraction of sp³-hybridized carbons (Fsp3) is 0.667. The quantitative estimate of drug-likeness (QED) is 0.917. The Labute approximate surface area is 128 Å². The maximum absolute atomic E-state index is 12.1. The van der Waals surface area contributed by atoms with E-state index in [1.54, 1.807) is 18.0 Å². The van der Waals surface area contributed by atoms with Crippen molar-refractivity contribution in [3.8, 4) is 0 Å². The number of hydrogen-bond donors (Lipinski definition) is 1. The predicted octanol–water partition coefficient (Wildman–Crippen LogP) is 1.84. The number of aromatic carboxylic acids is 1. The Bertz CT molecular complexity index is 579. The summed E-state index contributed by atoms with van der Waals surface area (Å²) in [5, 5.41) is 13.4. The van der Waals surface area contributed by atoms with E-state index in [9.17, 15) is 9.59 Å². The molecule has 1 unspecified atom stereocenters. The second-order valence-corrected chi connectivity index (χ2v) is 6.19. The van der Waals surface area contributed by atoms with Crippen LogP contribution in [0.4, 0.5) is 4.79 Å². The summed E-state index contributed by atoms with van der Waals surface area (Å²) in [6.45, 7) is 1.75. The van der Waals surface area contributed by atoms with Crippen molar-refractivity contribution in [2.45, 2.75) is 31.6 Å². The van der Waals surface area contributed by atoms with Gasteiger partial charge in [0.1, 0.15) is 5.69 Å². The zero-order chi connectivity index (χ0) is 15.7. The van der Waals surface area contributed by atoms with Gasteiger partial charge in [0.25, 0.3) is 0 Å². The van der Waals surface area contributed by atoms with Crippen LogP contribution < -0.4 is 0 Å². The lowest BCUT2D eigenvalue weighted by Crippen LogP contribution is -2.39. The van der Waals surface area contributed by atoms with Crippen LogP contribution in [0.5, 0.6) is 0 Å². The minimum Gasteiger partial charge on any atom is -0.477 e. The van der Waals surface area contributed by atoms with Crippen LogP contribution in [-0.2, 0) is 11.8 Å². The molecule has 1 atom stereocenters. The normalized spacial score (nSPS) is 21.7. The molecule has 0 bridgehead atoms. The molecule has 1 saturated carbocycles. The number of likely N-dealkylation sites (tertiary alicyclic amines) is 1. The van der Waals surface area contributed by atoms with Crippen LogP contribution in [0.25, 0.3) is 0 Å². The zero-order valence-corrected chi connectivity index (χ0v) is 12.7. The molecule has 1 aliphatic carbocycles. The van der Waals surface area contributed by atoms with Gasteiger partial charge in [0.2, 0.25) is 0 Å². The fourth-order valence-corrected chi connectivity index (χ4v) is 2.84. The standard InChI is InChI=1S/C15H21N3O4/c1-17-13(14(19)20)7-12(16-17)11-3-2-6-18(8-11)15(21)22-9-10-4-5-10/h7,10-11H,2-6,8-9H2,1H3,(H,19,20). The van der Waals surface area contributed by atoms with Gasteiger partial charge in [-0.05, 0) is 37.7 Å². The molecular weight excluding hydrogens is 286 g/mol. The molecule has 120 valence electrons. The Hall–Kier alpha value is -2.05. The molecule has 7 heteroatoms. The summed E-state index contributed by atoms with van der Waals surface area (Å²) in [5.41, 5.74) is 0.906. The highest BCUT2D eigenvalue weighted by molar-refractivity contribution is 5.85. The second-order valence-electron chi connectivity index (χ2n) is 6.19. The Kier molecular flexibility index (Phi) is 4.04. The molecule has 22 heavy (non-hydrogen) atoms. The topological polar surface area (TPSA) is 84.7 Å². The van der Waals surface area contributed by atoms with Gasteiger partial charge in [-0.3, -0.25) is 4.68 Å². The Morgan fingerprint density at radius 1 is 1.41 bits per heavy atom. The number of rotatable bonds is 4. The fourth-order valence-electron chi connectivity index (χ4n) is 2.84. The van der Waals surface area contributed by atoms with Crippen LogP contribution in [0.2, 0.25) is 0 Å². The number of carbonyl (C=O) groups is 2. The third kappa shape index (κ3) is 3.23. The molecule has 3 rings (SSSR count). The van der Waals surface area contributed by atoms with Crippen LogP contribution in [0, 0.1) is 5.92 Å². The lowest BCUT2D eigenvalue weighted by atomic mass is 9.95. The van der Waals surface area contributed by atoms with Crippen molar-refractivity contribution in [3.63, 3.8) is 0 Å². The summed E-state index contributed by atoms with van der Waals surface area (Å²) >= 11 is 0. The van der Waals surface area contributed by atoms with Crippen LogP contribution in [0.1, 0.15) is 47.8 Å². The van der Waals surface area contributed by atoms with E-state index in [1.807, 2.05) is 0 Å². The van der Waals surface area contributed by atoms with Gasteiger partial charge in [0, 0.05) is 26.1 Å². The summed E-state index contributed by atoms with van der Waals surface area (Å²) in [7, 11) is 1.62. The number of nitrogens with zero attached hydrogens (tertiary/aromatic N) is 3. The van der Waals surface area contributed by atoms with Gasteiger partial charge in [-0.1, -0.05) is 0 Å². The number of carboxylic acid groups (broad SMARTS) is 1. The highest BCUT2D eigenvalue weighted by Crippen LogP contribution is 2.30. The number of ether oxygens (including phenoxy) is 1. The third-order valence-electron chi connectivity index (χ3n) is 4.36. The molecule has 1 aromatic heterocycles. The average molecular weight is 307 g/mol. The first-order valence-corrected chi connectivity index (χ1v) is 7.73. The van der Waals surface area contributed by atoms with Gasteiger partial charge in [0.15, 0.2) is 0 Å². The molecule has 2 aliphatic rings. The van der Waals surface area contributed by atoms with E-state index in [4.69, 9.17) is 9.84 Å². The third-order valence-corrected chi connectivity index (χ3v) is 4.36. The molecule has 1 N–H and O–H groups in total. The first kappa shape index (κ1) is 14.9. The van der Waals surface area contributed by atoms with Crippen molar-refractivity contribution < 1.29 is 19.4 Å². The van der Waals surface area contributed by atoms with Crippen LogP contribution in [0.15, 0.2) is 6.07 Å². The van der Waals surface area contributed by atoms with Crippen molar-refractivity contribution in [3.05, 3.63) is 17.5 Å². The molecule has 2 heterocycles. The minimum absolute atomic E-state index is 0.0709. The van der Waals surface area contributed by atoms with Gasteiger partial charge in [-0.2, -0.15) is 5.10 Å². The molecule has 0 aromatic carbocycles. The van der Waals surface area contributed by atoms with Crippen LogP contribution in [0.3, 0.4) is 0 Å². The molecular formula is C15H21N3O4. The largest absolute Gasteiger partial charge is 0.477 e. The molecule has 1 saturated heterocycles. The van der Waals surface area contributed by atoms with Crippen molar-refractivity contribution in [2.75, 3.05) is 19.7 Å². The smallest absolute Gasteiger partial charge is 0.409 e. The highest BCUT2D eigenvalue weighted by atomic mass is 16.6. The zero-order valence-electron chi connectivity index (χ0n) is 12.7. The summed E-state index contributed by atoms with van der Waals surface area (Å²) in [5.74, 6) is -0.363. The maximum Gasteiger partial charge on any atom is 0.409 e. The number of carbonyl (C=O) groups excluding carboxylic acids is 1. The highest BCUT2D eigenvalue weighted by Gasteiger charge is 2.30. The number of piperidine rings is 1. The summed E-state index contributed by atoms with van der Waals surface area (Å²) in [6.07, 6.45) is 3.83. The summed E-state index contributed by atoms with van der Waals surface area (Å²) in [6, 6.07) is 1.60. The van der Waals surface area contributed by atoms with E-state index in [0.29, 0.717) is 25.6 Å². The predicted molar refractivity (Wildman–Crippen MR) is 77.8 cm³/mol. The SMILES string of the molecule is Cn1nc(C2CCCN(C(=O)OCC3CC3)C2)cc1C(=O)O. The van der Waals surface area contributed by atoms with Crippen molar-refractivity contribution in [1.29, 1.82) is 0 Å². The number of hydrogen-bond acceptors (Lipinski definition) is 4. The van der Waals surface area contributed by atoms with E-state index < -0.39 is 5.97 Å². The molecule has 2 fully saturated rings. The maximum atomic E-state index is 12.1. The first-order valence-electron chi connectivity index (χ1n) is 7.73. The molecule has 0 spiro atoms. The average Bonchev–Trinajstić information content (AvgIpc) is 3.25. The number of carboxylic acids is 1. The van der Waals surface area contributed by atoms with Gasteiger partial charge >= 0.3 is 12.1 Å². The van der Waals surface area contributed by atoms with Gasteiger partial charge in [-0.15, -0.1) is 0 Å². The van der Waals surface area contributed by atoms with Gasteiger partial charge in [0.05, 0.1) is 12.3 Å². The first-order chi connectivity index (χ1) is 10.5. The molecule has 1 aromatic rings. The summed E-state index contributed by atoms with van der Waals surface area (Å²) in [4.78, 5) is 24.9. The van der Waals surface area contributed by atoms with Crippen molar-refractivity contribution >= 4 is 12.1 Å². The molecule has 7 nitrogen and oxygen atoms in total. The Morgan fingerprint density at radius 3 is 2.82 bits per heavy atom. The monoisotopic (exact) mass is 307 g/mol. The van der Waals surface area contributed by atoms with Crippen LogP contribution in [-0.4, -0.2) is 51.5 Å². The van der Waals surface area contributed by atoms with E-state index in [2.05, 4.69) is 5.10 Å². The Morgan fingerprint density at radius 2 is 2.18 bits per heavy atom. The van der Waals surface area contributed by atoms with E-state index in [1.165, 1.54) is 4.68 Å². The number of amides is 1. The Balaban J connectivity index is 1.63. The molecule has 1 amide bonds. The lowest BCUT2D eigenvalue weighted by Gasteiger charge is -2.31. The van der Waals surface area contributed by atoms with Crippen molar-refractivity contribution in [1.82, 2.24) is 14.7 Å². The van der Waals surface area contributed by atoms with E-state index in [-0.39, 0.29) is 17.7 Å². The van der Waals surface area contributed by atoms with E-state index >= 15 is 0 Å². The molecule has 0 radical (unpaired) electrons. The van der Waals surface area contributed by atoms with Crippen LogP contribution >= 0.6 is 0 Å². The number of aromatic nitrogens is 2.